The van der Waals surface area contributed by atoms with E-state index in [1.54, 1.807) is 0 Å². The van der Waals surface area contributed by atoms with Gasteiger partial charge in [0.1, 0.15) is 13.7 Å². The summed E-state index contributed by atoms with van der Waals surface area (Å²) in [5.74, 6) is -0.390. The second kappa shape index (κ2) is 17.3. The molecule has 0 radical (unpaired) electrons. The molecule has 3 aliphatic heterocycles. The van der Waals surface area contributed by atoms with Gasteiger partial charge in [0.15, 0.2) is 0 Å². The molecule has 0 spiro atoms. The smallest absolute Gasteiger partial charge is 0.309 e. The number of esters is 1. The van der Waals surface area contributed by atoms with Gasteiger partial charge in [0.05, 0.1) is 23.1 Å². The van der Waals surface area contributed by atoms with Gasteiger partial charge in [0, 0.05) is 18.9 Å². The first-order valence-corrected chi connectivity index (χ1v) is 14.1. The van der Waals surface area contributed by atoms with E-state index >= 15 is 0 Å². The minimum atomic E-state index is -0.331. The van der Waals surface area contributed by atoms with E-state index in [4.69, 9.17) is 9.57 Å². The molecule has 0 bridgehead atoms. The molecule has 0 N–H and O–H groups in total. The Morgan fingerprint density at radius 1 is 0.889 bits per heavy atom. The summed E-state index contributed by atoms with van der Waals surface area (Å²) in [6.07, 6.45) is 16.4. The minimum Gasteiger partial charge on any atom is -0.465 e. The van der Waals surface area contributed by atoms with Crippen molar-refractivity contribution in [2.45, 2.75) is 116 Å². The monoisotopic (exact) mass is 509 g/mol. The number of fused-ring (bicyclic) bond motifs is 3. The van der Waals surface area contributed by atoms with Crippen molar-refractivity contribution in [1.29, 1.82) is 0 Å². The Morgan fingerprint density at radius 2 is 1.56 bits per heavy atom. The van der Waals surface area contributed by atoms with E-state index in [1.165, 1.54) is 69.8 Å². The first-order valence-electron chi connectivity index (χ1n) is 14.1. The van der Waals surface area contributed by atoms with Gasteiger partial charge in [-0.3, -0.25) is 19.3 Å². The molecule has 36 heavy (non-hydrogen) atoms. The van der Waals surface area contributed by atoms with Crippen LogP contribution in [0.25, 0.3) is 0 Å². The van der Waals surface area contributed by atoms with Crippen molar-refractivity contribution in [2.75, 3.05) is 20.3 Å². The summed E-state index contributed by atoms with van der Waals surface area (Å²) < 4.78 is 5.08. The lowest BCUT2D eigenvalue weighted by molar-refractivity contribution is -0.177. The van der Waals surface area contributed by atoms with Crippen LogP contribution in [-0.2, 0) is 28.8 Å². The van der Waals surface area contributed by atoms with Crippen molar-refractivity contribution in [1.82, 2.24) is 4.90 Å². The van der Waals surface area contributed by atoms with Crippen LogP contribution >= 0.6 is 0 Å². The molecule has 4 unspecified atom stereocenters. The molecule has 3 heterocycles. The first kappa shape index (κ1) is 30.0. The highest BCUT2D eigenvalue weighted by molar-refractivity contribution is 5.98. The van der Waals surface area contributed by atoms with Gasteiger partial charge in [-0.25, -0.2) is 0 Å². The summed E-state index contributed by atoms with van der Waals surface area (Å²) in [5.41, 5.74) is 0. The van der Waals surface area contributed by atoms with Crippen LogP contribution < -0.4 is 0 Å². The highest BCUT2D eigenvalue weighted by Crippen LogP contribution is 2.43. The van der Waals surface area contributed by atoms with Gasteiger partial charge in [-0.15, -0.1) is 0 Å². The Kier molecular flexibility index (Phi) is 14.4. The van der Waals surface area contributed by atoms with Gasteiger partial charge < -0.3 is 14.4 Å². The van der Waals surface area contributed by atoms with Crippen molar-refractivity contribution >= 4 is 17.8 Å². The van der Waals surface area contributed by atoms with E-state index in [2.05, 4.69) is 29.2 Å². The molecule has 3 rings (SSSR count). The number of unbranched alkanes of at least 4 members (excludes halogenated alkanes) is 9. The van der Waals surface area contributed by atoms with E-state index in [0.717, 1.165) is 25.7 Å². The number of carbonyl (C=O) groups is 3. The number of nitrogens with zero attached hydrogens (tertiary/aromatic N) is 3. The molecule has 0 aromatic carbocycles. The van der Waals surface area contributed by atoms with Crippen LogP contribution in [0.5, 0.6) is 0 Å². The normalized spacial score (nSPS) is 25.5. The van der Waals surface area contributed by atoms with E-state index in [-0.39, 0.29) is 42.1 Å². The second-order valence-corrected chi connectivity index (χ2v) is 10.1. The number of ether oxygens (including phenoxy) is 1. The predicted octanol–water partition coefficient (Wildman–Crippen LogP) is 5.97. The first-order chi connectivity index (χ1) is 17.5. The molecule has 206 valence electrons. The van der Waals surface area contributed by atoms with Gasteiger partial charge in [-0.2, -0.15) is 0 Å². The third-order valence-corrected chi connectivity index (χ3v) is 7.68. The third kappa shape index (κ3) is 9.36. The Labute approximate surface area is 216 Å². The molecule has 0 aliphatic carbocycles. The largest absolute Gasteiger partial charge is 0.465 e. The van der Waals surface area contributed by atoms with Crippen molar-refractivity contribution < 1.29 is 28.8 Å². The lowest BCUT2D eigenvalue weighted by Crippen LogP contribution is -2.62. The summed E-state index contributed by atoms with van der Waals surface area (Å²) in [6.45, 7) is 5.41. The van der Waals surface area contributed by atoms with E-state index < -0.39 is 0 Å². The standard InChI is InChI=1S/C14H19NO4.C13H28N2O2/c1-2-8-3-4-11(16)15-12(17)7-10-9(13(8)15)5-6-19-14(10)18;1-3-4-5-6-7-8-9-10-11-12-13-17-15-14-16-2/h8-10,13H,2-7H2,1H3;3-13H2,1-2H3/b;15-14+. The molecule has 3 fully saturated rings. The highest BCUT2D eigenvalue weighted by atomic mass is 16.7. The molecule has 3 saturated heterocycles. The van der Waals surface area contributed by atoms with Crippen molar-refractivity contribution in [3.63, 3.8) is 0 Å². The van der Waals surface area contributed by atoms with Gasteiger partial charge in [-0.05, 0) is 37.5 Å². The third-order valence-electron chi connectivity index (χ3n) is 7.68. The number of imide groups is 1. The van der Waals surface area contributed by atoms with Crippen LogP contribution in [0.3, 0.4) is 0 Å². The number of rotatable bonds is 14. The Balaban J connectivity index is 0.000000256. The zero-order chi connectivity index (χ0) is 26.2. The number of cyclic esters (lactones) is 1. The van der Waals surface area contributed by atoms with E-state index in [1.807, 2.05) is 0 Å². The maximum absolute atomic E-state index is 12.2. The zero-order valence-corrected chi connectivity index (χ0v) is 22.6. The van der Waals surface area contributed by atoms with Crippen LogP contribution in [0.4, 0.5) is 0 Å². The van der Waals surface area contributed by atoms with Crippen LogP contribution in [-0.4, -0.2) is 49.0 Å². The molecule has 0 aromatic heterocycles. The van der Waals surface area contributed by atoms with Gasteiger partial charge in [0.25, 0.3) is 0 Å². The number of carbonyl (C=O) groups excluding carboxylic acids is 3. The van der Waals surface area contributed by atoms with E-state index in [9.17, 15) is 14.4 Å². The van der Waals surface area contributed by atoms with E-state index in [0.29, 0.717) is 25.6 Å². The lowest BCUT2D eigenvalue weighted by Gasteiger charge is -2.50. The Bertz CT molecular complexity index is 701. The SMILES string of the molecule is CCC1CCC(=O)N2C(=O)CC3C(=O)OCCC3C12.CCCCCCCCCCCCO/N=N/OC. The fourth-order valence-corrected chi connectivity index (χ4v) is 5.73. The van der Waals surface area contributed by atoms with Crippen LogP contribution in [0, 0.1) is 17.8 Å². The predicted molar refractivity (Wildman–Crippen MR) is 135 cm³/mol. The van der Waals surface area contributed by atoms with Crippen LogP contribution in [0.2, 0.25) is 0 Å². The summed E-state index contributed by atoms with van der Waals surface area (Å²) in [7, 11) is 1.45. The Hall–Kier alpha value is -2.19. The number of hydrogen-bond donors (Lipinski definition) is 0. The fraction of sp³-hybridized carbons (Fsp3) is 0.889. The number of piperidine rings is 2. The Morgan fingerprint density at radius 3 is 2.19 bits per heavy atom. The maximum atomic E-state index is 12.2. The topological polar surface area (TPSA) is 107 Å². The molecule has 9 nitrogen and oxygen atoms in total. The molecular weight excluding hydrogens is 462 g/mol. The van der Waals surface area contributed by atoms with Crippen LogP contribution in [0.15, 0.2) is 10.6 Å². The second-order valence-electron chi connectivity index (χ2n) is 10.1. The lowest BCUT2D eigenvalue weighted by atomic mass is 9.68. The summed E-state index contributed by atoms with van der Waals surface area (Å²) in [6, 6.07) is -0.0784. The molecular formula is C27H47N3O6. The maximum Gasteiger partial charge on any atom is 0.309 e. The summed E-state index contributed by atoms with van der Waals surface area (Å²) >= 11 is 0. The molecule has 2 amide bonds. The van der Waals surface area contributed by atoms with Gasteiger partial charge in [-0.1, -0.05) is 71.6 Å². The minimum absolute atomic E-state index is 0.0582. The van der Waals surface area contributed by atoms with Crippen molar-refractivity contribution in [3.8, 4) is 0 Å². The summed E-state index contributed by atoms with van der Waals surface area (Å²) in [5, 5.41) is 6.63. The molecule has 9 heteroatoms. The van der Waals surface area contributed by atoms with Crippen molar-refractivity contribution in [3.05, 3.63) is 0 Å². The van der Waals surface area contributed by atoms with Crippen LogP contribution in [0.1, 0.15) is 110 Å². The fourth-order valence-electron chi connectivity index (χ4n) is 5.73. The number of hydrogen-bond acceptors (Lipinski definition) is 8. The summed E-state index contributed by atoms with van der Waals surface area (Å²) in [4.78, 5) is 46.8. The molecule has 3 aliphatic rings. The average Bonchev–Trinajstić information content (AvgIpc) is 2.88. The quantitative estimate of drug-likeness (QED) is 0.0939. The molecule has 0 saturated carbocycles. The highest BCUT2D eigenvalue weighted by Gasteiger charge is 2.53. The van der Waals surface area contributed by atoms with Gasteiger partial charge in [0.2, 0.25) is 11.8 Å². The zero-order valence-electron chi connectivity index (χ0n) is 22.6. The van der Waals surface area contributed by atoms with Crippen molar-refractivity contribution in [2.24, 2.45) is 28.3 Å². The average molecular weight is 510 g/mol. The number of amides is 2. The molecule has 4 atom stereocenters. The molecule has 0 aromatic rings. The van der Waals surface area contributed by atoms with Gasteiger partial charge >= 0.3 is 5.97 Å².